The molecule has 2 saturated heterocycles. The van der Waals surface area contributed by atoms with E-state index in [0.717, 1.165) is 32.6 Å². The van der Waals surface area contributed by atoms with Crippen LogP contribution in [-0.2, 0) is 4.79 Å². The monoisotopic (exact) mass is 253 g/mol. The van der Waals surface area contributed by atoms with Crippen molar-refractivity contribution in [2.45, 2.75) is 26.7 Å². The molecular weight excluding hydrogens is 226 g/mol. The van der Waals surface area contributed by atoms with E-state index in [9.17, 15) is 4.79 Å². The van der Waals surface area contributed by atoms with Crippen LogP contribution in [0, 0.1) is 17.3 Å². The Morgan fingerprint density at radius 2 is 2.22 bits per heavy atom. The first kappa shape index (κ1) is 13.8. The average molecular weight is 253 g/mol. The van der Waals surface area contributed by atoms with Crippen molar-refractivity contribution in [3.63, 3.8) is 0 Å². The zero-order valence-electron chi connectivity index (χ0n) is 12.0. The topological polar surface area (TPSA) is 44.4 Å². The maximum absolute atomic E-state index is 12.0. The van der Waals surface area contributed by atoms with Gasteiger partial charge in [0, 0.05) is 19.6 Å². The van der Waals surface area contributed by atoms with Gasteiger partial charge in [-0.15, -0.1) is 0 Å². The van der Waals surface area contributed by atoms with Gasteiger partial charge >= 0.3 is 0 Å². The standard InChI is InChI=1S/C14H27N3O/c1-14(2,12-5-7-17(3)9-12)10-16-13(18)11-4-6-15-8-11/h11-12,15H,4-10H2,1-3H3,(H,16,18). The number of carbonyl (C=O) groups is 1. The smallest absolute Gasteiger partial charge is 0.224 e. The Morgan fingerprint density at radius 3 is 2.78 bits per heavy atom. The van der Waals surface area contributed by atoms with E-state index in [-0.39, 0.29) is 17.2 Å². The highest BCUT2D eigenvalue weighted by Crippen LogP contribution is 2.33. The van der Waals surface area contributed by atoms with Crippen molar-refractivity contribution in [2.24, 2.45) is 17.3 Å². The largest absolute Gasteiger partial charge is 0.355 e. The molecule has 2 aliphatic rings. The summed E-state index contributed by atoms with van der Waals surface area (Å²) in [5.74, 6) is 1.12. The van der Waals surface area contributed by atoms with Gasteiger partial charge in [0.05, 0.1) is 5.92 Å². The van der Waals surface area contributed by atoms with E-state index in [1.165, 1.54) is 13.0 Å². The van der Waals surface area contributed by atoms with Crippen LogP contribution in [0.3, 0.4) is 0 Å². The third kappa shape index (κ3) is 3.23. The average Bonchev–Trinajstić information content (AvgIpc) is 2.96. The molecule has 0 aliphatic carbocycles. The molecule has 0 radical (unpaired) electrons. The van der Waals surface area contributed by atoms with Crippen LogP contribution in [0.25, 0.3) is 0 Å². The molecule has 2 rings (SSSR count). The molecule has 0 aromatic rings. The Kier molecular flexibility index (Phi) is 4.28. The quantitative estimate of drug-likeness (QED) is 0.775. The summed E-state index contributed by atoms with van der Waals surface area (Å²) >= 11 is 0. The number of rotatable bonds is 4. The van der Waals surface area contributed by atoms with Gasteiger partial charge in [0.2, 0.25) is 5.91 Å². The van der Waals surface area contributed by atoms with Crippen molar-refractivity contribution < 1.29 is 4.79 Å². The fraction of sp³-hybridized carbons (Fsp3) is 0.929. The van der Waals surface area contributed by atoms with E-state index in [0.29, 0.717) is 5.92 Å². The SMILES string of the molecule is CN1CCC(C(C)(C)CNC(=O)C2CCNC2)C1. The van der Waals surface area contributed by atoms with Gasteiger partial charge in [-0.1, -0.05) is 13.8 Å². The third-order valence-electron chi connectivity index (χ3n) is 4.65. The van der Waals surface area contributed by atoms with Crippen molar-refractivity contribution in [1.29, 1.82) is 0 Å². The van der Waals surface area contributed by atoms with Crippen molar-refractivity contribution in [3.05, 3.63) is 0 Å². The summed E-state index contributed by atoms with van der Waals surface area (Å²) in [6, 6.07) is 0. The van der Waals surface area contributed by atoms with Gasteiger partial charge in [-0.05, 0) is 44.3 Å². The summed E-state index contributed by atoms with van der Waals surface area (Å²) in [5.41, 5.74) is 0.201. The summed E-state index contributed by atoms with van der Waals surface area (Å²) in [6.45, 7) is 9.55. The lowest BCUT2D eigenvalue weighted by Gasteiger charge is -2.32. The van der Waals surface area contributed by atoms with E-state index in [1.807, 2.05) is 0 Å². The Hall–Kier alpha value is -0.610. The Labute approximate surface area is 110 Å². The fourth-order valence-corrected chi connectivity index (χ4v) is 3.05. The van der Waals surface area contributed by atoms with Crippen molar-refractivity contribution >= 4 is 5.91 Å². The molecule has 2 fully saturated rings. The highest BCUT2D eigenvalue weighted by molar-refractivity contribution is 5.79. The van der Waals surface area contributed by atoms with Gasteiger partial charge in [0.1, 0.15) is 0 Å². The van der Waals surface area contributed by atoms with Crippen LogP contribution < -0.4 is 10.6 Å². The molecule has 104 valence electrons. The summed E-state index contributed by atoms with van der Waals surface area (Å²) in [6.07, 6.45) is 2.24. The minimum atomic E-state index is 0.187. The molecule has 4 nitrogen and oxygen atoms in total. The number of carbonyl (C=O) groups excluding carboxylic acids is 1. The molecule has 0 aromatic carbocycles. The van der Waals surface area contributed by atoms with Gasteiger partial charge in [0.25, 0.3) is 0 Å². The maximum Gasteiger partial charge on any atom is 0.224 e. The van der Waals surface area contributed by atoms with Crippen LogP contribution in [-0.4, -0.2) is 50.6 Å². The zero-order valence-corrected chi connectivity index (χ0v) is 12.0. The molecule has 2 N–H and O–H groups in total. The predicted octanol–water partition coefficient (Wildman–Crippen LogP) is 0.690. The molecular formula is C14H27N3O. The molecule has 0 aromatic heterocycles. The second kappa shape index (κ2) is 5.57. The molecule has 2 atom stereocenters. The lowest BCUT2D eigenvalue weighted by Crippen LogP contribution is -2.42. The minimum Gasteiger partial charge on any atom is -0.355 e. The van der Waals surface area contributed by atoms with Crippen LogP contribution in [0.15, 0.2) is 0 Å². The van der Waals surface area contributed by atoms with E-state index in [4.69, 9.17) is 0 Å². The maximum atomic E-state index is 12.0. The van der Waals surface area contributed by atoms with Gasteiger partial charge < -0.3 is 15.5 Å². The van der Waals surface area contributed by atoms with Crippen LogP contribution in [0.5, 0.6) is 0 Å². The minimum absolute atomic E-state index is 0.187. The highest BCUT2D eigenvalue weighted by atomic mass is 16.1. The highest BCUT2D eigenvalue weighted by Gasteiger charge is 2.34. The lowest BCUT2D eigenvalue weighted by molar-refractivity contribution is -0.125. The molecule has 2 aliphatic heterocycles. The first-order valence-corrected chi connectivity index (χ1v) is 7.16. The summed E-state index contributed by atoms with van der Waals surface area (Å²) < 4.78 is 0. The number of nitrogens with one attached hydrogen (secondary N) is 2. The van der Waals surface area contributed by atoms with Crippen molar-refractivity contribution in [3.8, 4) is 0 Å². The molecule has 18 heavy (non-hydrogen) atoms. The zero-order chi connectivity index (χ0) is 13.2. The summed E-state index contributed by atoms with van der Waals surface area (Å²) in [4.78, 5) is 14.4. The van der Waals surface area contributed by atoms with Crippen LogP contribution >= 0.6 is 0 Å². The van der Waals surface area contributed by atoms with Crippen LogP contribution in [0.1, 0.15) is 26.7 Å². The first-order chi connectivity index (χ1) is 8.49. The second-order valence-corrected chi connectivity index (χ2v) is 6.64. The van der Waals surface area contributed by atoms with E-state index in [1.54, 1.807) is 0 Å². The van der Waals surface area contributed by atoms with Gasteiger partial charge in [-0.2, -0.15) is 0 Å². The third-order valence-corrected chi connectivity index (χ3v) is 4.65. The Morgan fingerprint density at radius 1 is 1.44 bits per heavy atom. The number of amides is 1. The van der Waals surface area contributed by atoms with Crippen LogP contribution in [0.4, 0.5) is 0 Å². The van der Waals surface area contributed by atoms with Gasteiger partial charge in [-0.3, -0.25) is 4.79 Å². The van der Waals surface area contributed by atoms with E-state index in [2.05, 4.69) is 36.4 Å². The number of nitrogens with zero attached hydrogens (tertiary/aromatic N) is 1. The van der Waals surface area contributed by atoms with Gasteiger partial charge in [0.15, 0.2) is 0 Å². The molecule has 0 bridgehead atoms. The lowest BCUT2D eigenvalue weighted by atomic mass is 9.78. The van der Waals surface area contributed by atoms with Crippen molar-refractivity contribution in [2.75, 3.05) is 39.8 Å². The van der Waals surface area contributed by atoms with E-state index < -0.39 is 0 Å². The molecule has 4 heteroatoms. The van der Waals surface area contributed by atoms with Crippen molar-refractivity contribution in [1.82, 2.24) is 15.5 Å². The molecule has 2 heterocycles. The second-order valence-electron chi connectivity index (χ2n) is 6.64. The fourth-order valence-electron chi connectivity index (χ4n) is 3.05. The number of hydrogen-bond acceptors (Lipinski definition) is 3. The van der Waals surface area contributed by atoms with Crippen LogP contribution in [0.2, 0.25) is 0 Å². The first-order valence-electron chi connectivity index (χ1n) is 7.16. The molecule has 1 amide bonds. The molecule has 0 saturated carbocycles. The van der Waals surface area contributed by atoms with E-state index >= 15 is 0 Å². The normalized spacial score (nSPS) is 29.7. The Balaban J connectivity index is 1.79. The summed E-state index contributed by atoms with van der Waals surface area (Å²) in [7, 11) is 2.18. The molecule has 2 unspecified atom stereocenters. The number of likely N-dealkylation sites (tertiary alicyclic amines) is 1. The Bertz CT molecular complexity index is 297. The summed E-state index contributed by atoms with van der Waals surface area (Å²) in [5, 5.41) is 6.40. The predicted molar refractivity (Wildman–Crippen MR) is 73.4 cm³/mol. The molecule has 0 spiro atoms. The number of hydrogen-bond donors (Lipinski definition) is 2. The van der Waals surface area contributed by atoms with Gasteiger partial charge in [-0.25, -0.2) is 0 Å².